The molecule has 19 heavy (non-hydrogen) atoms. The zero-order chi connectivity index (χ0) is 13.5. The van der Waals surface area contributed by atoms with Crippen LogP contribution in [0.3, 0.4) is 0 Å². The molecule has 1 fully saturated rings. The van der Waals surface area contributed by atoms with Crippen LogP contribution in [0.1, 0.15) is 57.7 Å². The van der Waals surface area contributed by atoms with Crippen LogP contribution >= 0.6 is 0 Å². The summed E-state index contributed by atoms with van der Waals surface area (Å²) in [5.74, 6) is 0. The summed E-state index contributed by atoms with van der Waals surface area (Å²) in [4.78, 5) is 0. The molecule has 0 spiro atoms. The van der Waals surface area contributed by atoms with Gasteiger partial charge >= 0.3 is 0 Å². The summed E-state index contributed by atoms with van der Waals surface area (Å²) in [6.07, 6.45) is 8.88. The Bertz CT molecular complexity index is 358. The summed E-state index contributed by atoms with van der Waals surface area (Å²) < 4.78 is 7.86. The Morgan fingerprint density at radius 2 is 2.26 bits per heavy atom. The molecule has 1 aromatic heterocycles. The van der Waals surface area contributed by atoms with Crippen LogP contribution in [0.4, 0.5) is 0 Å². The van der Waals surface area contributed by atoms with Crippen LogP contribution in [0.5, 0.6) is 0 Å². The van der Waals surface area contributed by atoms with Gasteiger partial charge in [-0.2, -0.15) is 5.10 Å². The van der Waals surface area contributed by atoms with Gasteiger partial charge in [0, 0.05) is 25.3 Å². The van der Waals surface area contributed by atoms with Crippen molar-refractivity contribution in [1.82, 2.24) is 15.1 Å². The minimum atomic E-state index is 0.486. The van der Waals surface area contributed by atoms with Crippen molar-refractivity contribution in [1.29, 1.82) is 0 Å². The number of aromatic nitrogens is 2. The van der Waals surface area contributed by atoms with E-state index >= 15 is 0 Å². The van der Waals surface area contributed by atoms with Gasteiger partial charge in [-0.25, -0.2) is 0 Å². The smallest absolute Gasteiger partial charge is 0.0762 e. The van der Waals surface area contributed by atoms with Crippen molar-refractivity contribution in [2.24, 2.45) is 0 Å². The monoisotopic (exact) mass is 265 g/mol. The molecule has 0 radical (unpaired) electrons. The lowest BCUT2D eigenvalue weighted by molar-refractivity contribution is 0.0602. The van der Waals surface area contributed by atoms with E-state index in [1.807, 2.05) is 4.68 Å². The number of nitrogens with one attached hydrogen (secondary N) is 1. The van der Waals surface area contributed by atoms with Crippen molar-refractivity contribution in [2.45, 2.75) is 64.6 Å². The lowest BCUT2D eigenvalue weighted by Crippen LogP contribution is -2.22. The van der Waals surface area contributed by atoms with Gasteiger partial charge in [-0.1, -0.05) is 19.8 Å². The molecule has 0 saturated heterocycles. The standard InChI is InChI=1S/C15H27N3O/c1-3-13(2)18-10-8-14(17-18)12-16-9-11-19-15-6-4-5-7-15/h8,10,13,15-16H,3-7,9,11-12H2,1-2H3. The highest BCUT2D eigenvalue weighted by atomic mass is 16.5. The van der Waals surface area contributed by atoms with E-state index in [2.05, 4.69) is 36.5 Å². The number of hydrogen-bond acceptors (Lipinski definition) is 3. The molecular formula is C15H27N3O. The molecule has 4 nitrogen and oxygen atoms in total. The van der Waals surface area contributed by atoms with Crippen molar-refractivity contribution in [3.8, 4) is 0 Å². The SMILES string of the molecule is CCC(C)n1ccc(CNCCOC2CCCC2)n1. The third kappa shape index (κ3) is 4.62. The maximum Gasteiger partial charge on any atom is 0.0762 e. The highest BCUT2D eigenvalue weighted by Gasteiger charge is 2.14. The highest BCUT2D eigenvalue weighted by Crippen LogP contribution is 2.20. The van der Waals surface area contributed by atoms with E-state index in [1.54, 1.807) is 0 Å². The van der Waals surface area contributed by atoms with Crippen LogP contribution in [0.15, 0.2) is 12.3 Å². The predicted molar refractivity (Wildman–Crippen MR) is 77.1 cm³/mol. The van der Waals surface area contributed by atoms with Crippen molar-refractivity contribution in [2.75, 3.05) is 13.2 Å². The number of ether oxygens (including phenoxy) is 1. The summed E-state index contributed by atoms with van der Waals surface area (Å²) in [5, 5.41) is 7.96. The molecule has 1 heterocycles. The molecule has 2 rings (SSSR count). The molecule has 1 atom stereocenters. The number of hydrogen-bond donors (Lipinski definition) is 1. The normalized spacial score (nSPS) is 18.0. The largest absolute Gasteiger partial charge is 0.377 e. The van der Waals surface area contributed by atoms with E-state index in [1.165, 1.54) is 25.7 Å². The Kier molecular flexibility index (Phi) is 5.86. The second kappa shape index (κ2) is 7.65. The van der Waals surface area contributed by atoms with E-state index in [0.717, 1.165) is 31.8 Å². The van der Waals surface area contributed by atoms with Gasteiger partial charge < -0.3 is 10.1 Å². The fourth-order valence-corrected chi connectivity index (χ4v) is 2.47. The van der Waals surface area contributed by atoms with Gasteiger partial charge in [0.15, 0.2) is 0 Å². The molecule has 108 valence electrons. The first-order chi connectivity index (χ1) is 9.29. The highest BCUT2D eigenvalue weighted by molar-refractivity contribution is 4.99. The molecule has 1 aliphatic rings. The Balaban J connectivity index is 1.58. The first-order valence-corrected chi connectivity index (χ1v) is 7.66. The van der Waals surface area contributed by atoms with E-state index in [-0.39, 0.29) is 0 Å². The molecule has 1 N–H and O–H groups in total. The molecule has 0 bridgehead atoms. The Morgan fingerprint density at radius 1 is 1.47 bits per heavy atom. The van der Waals surface area contributed by atoms with Crippen molar-refractivity contribution in [3.05, 3.63) is 18.0 Å². The number of rotatable bonds is 8. The summed E-state index contributed by atoms with van der Waals surface area (Å²) in [5.41, 5.74) is 1.11. The van der Waals surface area contributed by atoms with Gasteiger partial charge in [0.25, 0.3) is 0 Å². The fourth-order valence-electron chi connectivity index (χ4n) is 2.47. The van der Waals surface area contributed by atoms with Gasteiger partial charge in [-0.15, -0.1) is 0 Å². The molecular weight excluding hydrogens is 238 g/mol. The summed E-state index contributed by atoms with van der Waals surface area (Å²) in [6, 6.07) is 2.58. The lowest BCUT2D eigenvalue weighted by atomic mass is 10.3. The summed E-state index contributed by atoms with van der Waals surface area (Å²) >= 11 is 0. The van der Waals surface area contributed by atoms with Gasteiger partial charge in [0.1, 0.15) is 0 Å². The molecule has 0 amide bonds. The van der Waals surface area contributed by atoms with Crippen molar-refractivity contribution >= 4 is 0 Å². The molecule has 1 aliphatic carbocycles. The average molecular weight is 265 g/mol. The molecule has 1 aromatic rings. The molecule has 4 heteroatoms. The molecule has 1 unspecified atom stereocenters. The quantitative estimate of drug-likeness (QED) is 0.735. The van der Waals surface area contributed by atoms with Gasteiger partial charge in [0.05, 0.1) is 18.4 Å². The molecule has 1 saturated carbocycles. The van der Waals surface area contributed by atoms with Gasteiger partial charge in [-0.05, 0) is 32.3 Å². The minimum Gasteiger partial charge on any atom is -0.377 e. The fraction of sp³-hybridized carbons (Fsp3) is 0.800. The first-order valence-electron chi connectivity index (χ1n) is 7.66. The van der Waals surface area contributed by atoms with E-state index < -0.39 is 0 Å². The second-order valence-corrected chi connectivity index (χ2v) is 5.50. The van der Waals surface area contributed by atoms with E-state index in [4.69, 9.17) is 4.74 Å². The van der Waals surface area contributed by atoms with Crippen LogP contribution in [0.2, 0.25) is 0 Å². The molecule has 0 aromatic carbocycles. The van der Waals surface area contributed by atoms with Crippen molar-refractivity contribution in [3.63, 3.8) is 0 Å². The van der Waals surface area contributed by atoms with Crippen LogP contribution in [-0.4, -0.2) is 29.0 Å². The Labute approximate surface area is 116 Å². The van der Waals surface area contributed by atoms with Crippen molar-refractivity contribution < 1.29 is 4.74 Å². The maximum absolute atomic E-state index is 5.81. The van der Waals surface area contributed by atoms with Gasteiger partial charge in [0.2, 0.25) is 0 Å². The zero-order valence-electron chi connectivity index (χ0n) is 12.3. The summed E-state index contributed by atoms with van der Waals surface area (Å²) in [6.45, 7) is 6.94. The lowest BCUT2D eigenvalue weighted by Gasteiger charge is -2.11. The van der Waals surface area contributed by atoms with Crippen LogP contribution in [0, 0.1) is 0 Å². The topological polar surface area (TPSA) is 39.1 Å². The Morgan fingerprint density at radius 3 is 3.00 bits per heavy atom. The first kappa shape index (κ1) is 14.5. The zero-order valence-corrected chi connectivity index (χ0v) is 12.3. The number of nitrogens with zero attached hydrogens (tertiary/aromatic N) is 2. The van der Waals surface area contributed by atoms with E-state index in [0.29, 0.717) is 12.1 Å². The Hall–Kier alpha value is -0.870. The third-order valence-corrected chi connectivity index (χ3v) is 3.95. The average Bonchev–Trinajstić information content (AvgIpc) is 3.08. The van der Waals surface area contributed by atoms with Gasteiger partial charge in [-0.3, -0.25) is 4.68 Å². The predicted octanol–water partition coefficient (Wildman–Crippen LogP) is 2.90. The van der Waals surface area contributed by atoms with Crippen LogP contribution < -0.4 is 5.32 Å². The second-order valence-electron chi connectivity index (χ2n) is 5.50. The summed E-state index contributed by atoms with van der Waals surface area (Å²) in [7, 11) is 0. The third-order valence-electron chi connectivity index (χ3n) is 3.95. The minimum absolute atomic E-state index is 0.486. The maximum atomic E-state index is 5.81. The molecule has 0 aliphatic heterocycles. The van der Waals surface area contributed by atoms with Crippen LogP contribution in [0.25, 0.3) is 0 Å². The van der Waals surface area contributed by atoms with Crippen LogP contribution in [-0.2, 0) is 11.3 Å². The van der Waals surface area contributed by atoms with E-state index in [9.17, 15) is 0 Å².